The van der Waals surface area contributed by atoms with E-state index in [4.69, 9.17) is 0 Å². The fraction of sp³-hybridized carbons (Fsp3) is 0.929. The van der Waals surface area contributed by atoms with Crippen LogP contribution in [-0.2, 0) is 4.79 Å². The molecule has 2 aliphatic rings. The van der Waals surface area contributed by atoms with E-state index in [1.54, 1.807) is 0 Å². The van der Waals surface area contributed by atoms with Crippen LogP contribution in [0.2, 0.25) is 0 Å². The van der Waals surface area contributed by atoms with Crippen LogP contribution in [0.25, 0.3) is 0 Å². The lowest BCUT2D eigenvalue weighted by Gasteiger charge is -2.39. The second-order valence-corrected chi connectivity index (χ2v) is 6.17. The summed E-state index contributed by atoms with van der Waals surface area (Å²) in [6.07, 6.45) is 7.10. The highest BCUT2D eigenvalue weighted by Crippen LogP contribution is 2.28. The minimum Gasteiger partial charge on any atom is -0.336 e. The van der Waals surface area contributed by atoms with Crippen molar-refractivity contribution in [3.8, 4) is 0 Å². The summed E-state index contributed by atoms with van der Waals surface area (Å²) in [4.78, 5) is 14.8. The Morgan fingerprint density at radius 1 is 1.18 bits per heavy atom. The molecule has 0 atom stereocenters. The SMILES string of the molecule is CC1(C)CNCCCN1C(=O)C1CCCCC1. The molecule has 3 heteroatoms. The second-order valence-electron chi connectivity index (χ2n) is 6.17. The van der Waals surface area contributed by atoms with E-state index < -0.39 is 0 Å². The molecule has 0 aromatic rings. The van der Waals surface area contributed by atoms with Crippen molar-refractivity contribution >= 4 is 5.91 Å². The molecule has 1 saturated carbocycles. The highest BCUT2D eigenvalue weighted by atomic mass is 16.2. The predicted molar refractivity (Wildman–Crippen MR) is 69.9 cm³/mol. The van der Waals surface area contributed by atoms with Gasteiger partial charge in [-0.15, -0.1) is 0 Å². The monoisotopic (exact) mass is 238 g/mol. The summed E-state index contributed by atoms with van der Waals surface area (Å²) < 4.78 is 0. The van der Waals surface area contributed by atoms with E-state index in [1.807, 2.05) is 0 Å². The van der Waals surface area contributed by atoms with Crippen molar-refractivity contribution in [2.24, 2.45) is 5.92 Å². The molecular formula is C14H26N2O. The van der Waals surface area contributed by atoms with Gasteiger partial charge in [-0.05, 0) is 39.7 Å². The van der Waals surface area contributed by atoms with Gasteiger partial charge in [0.05, 0.1) is 0 Å². The lowest BCUT2D eigenvalue weighted by molar-refractivity contribution is -0.141. The average Bonchev–Trinajstić information content (AvgIpc) is 2.50. The van der Waals surface area contributed by atoms with Gasteiger partial charge in [-0.25, -0.2) is 0 Å². The number of hydrogen-bond acceptors (Lipinski definition) is 2. The van der Waals surface area contributed by atoms with Crippen LogP contribution in [0.1, 0.15) is 52.4 Å². The summed E-state index contributed by atoms with van der Waals surface area (Å²) in [7, 11) is 0. The average molecular weight is 238 g/mol. The molecule has 1 heterocycles. The minimum atomic E-state index is -0.0228. The first-order chi connectivity index (χ1) is 8.11. The maximum absolute atomic E-state index is 12.6. The van der Waals surface area contributed by atoms with Gasteiger partial charge in [0.1, 0.15) is 0 Å². The number of rotatable bonds is 1. The normalized spacial score (nSPS) is 26.6. The summed E-state index contributed by atoms with van der Waals surface area (Å²) >= 11 is 0. The molecule has 98 valence electrons. The van der Waals surface area contributed by atoms with Crippen LogP contribution >= 0.6 is 0 Å². The number of hydrogen-bond donors (Lipinski definition) is 1. The van der Waals surface area contributed by atoms with Gasteiger partial charge >= 0.3 is 0 Å². The van der Waals surface area contributed by atoms with E-state index in [-0.39, 0.29) is 5.54 Å². The number of nitrogens with one attached hydrogen (secondary N) is 1. The van der Waals surface area contributed by atoms with Crippen LogP contribution in [0.3, 0.4) is 0 Å². The molecule has 1 N–H and O–H groups in total. The van der Waals surface area contributed by atoms with Gasteiger partial charge in [-0.3, -0.25) is 4.79 Å². The van der Waals surface area contributed by atoms with Crippen molar-refractivity contribution in [3.05, 3.63) is 0 Å². The summed E-state index contributed by atoms with van der Waals surface area (Å²) in [6.45, 7) is 7.26. The maximum atomic E-state index is 12.6. The van der Waals surface area contributed by atoms with Gasteiger partial charge in [0, 0.05) is 24.5 Å². The smallest absolute Gasteiger partial charge is 0.226 e. The van der Waals surface area contributed by atoms with Gasteiger partial charge in [0.25, 0.3) is 0 Å². The fourth-order valence-corrected chi connectivity index (χ4v) is 3.13. The molecule has 1 aliphatic heterocycles. The Bertz CT molecular complexity index is 269. The zero-order valence-electron chi connectivity index (χ0n) is 11.3. The third-order valence-corrected chi connectivity index (χ3v) is 4.24. The van der Waals surface area contributed by atoms with Crippen LogP contribution in [0.5, 0.6) is 0 Å². The van der Waals surface area contributed by atoms with Gasteiger partial charge in [-0.1, -0.05) is 19.3 Å². The van der Waals surface area contributed by atoms with Crippen molar-refractivity contribution in [1.82, 2.24) is 10.2 Å². The molecule has 2 rings (SSSR count). The predicted octanol–water partition coefficient (Wildman–Crippen LogP) is 2.17. The minimum absolute atomic E-state index is 0.0228. The summed E-state index contributed by atoms with van der Waals surface area (Å²) in [5, 5.41) is 3.43. The molecule has 2 fully saturated rings. The molecule has 0 spiro atoms. The third kappa shape index (κ3) is 3.01. The Kier molecular flexibility index (Phi) is 4.08. The maximum Gasteiger partial charge on any atom is 0.226 e. The molecule has 0 unspecified atom stereocenters. The molecule has 0 aromatic carbocycles. The fourth-order valence-electron chi connectivity index (χ4n) is 3.13. The molecule has 1 amide bonds. The lowest BCUT2D eigenvalue weighted by Crippen LogP contribution is -2.53. The summed E-state index contributed by atoms with van der Waals surface area (Å²) in [5.74, 6) is 0.722. The van der Waals surface area contributed by atoms with Crippen molar-refractivity contribution in [2.75, 3.05) is 19.6 Å². The van der Waals surface area contributed by atoms with Crippen molar-refractivity contribution < 1.29 is 4.79 Å². The number of carbonyl (C=O) groups is 1. The molecule has 17 heavy (non-hydrogen) atoms. The largest absolute Gasteiger partial charge is 0.336 e. The zero-order valence-corrected chi connectivity index (χ0v) is 11.3. The van der Waals surface area contributed by atoms with Crippen LogP contribution < -0.4 is 5.32 Å². The second kappa shape index (κ2) is 5.38. The Balaban J connectivity index is 2.04. The van der Waals surface area contributed by atoms with Crippen molar-refractivity contribution in [3.63, 3.8) is 0 Å². The quantitative estimate of drug-likeness (QED) is 0.759. The Labute approximate surface area is 105 Å². The van der Waals surface area contributed by atoms with Gasteiger partial charge < -0.3 is 10.2 Å². The number of nitrogens with zero attached hydrogens (tertiary/aromatic N) is 1. The van der Waals surface area contributed by atoms with Crippen LogP contribution in [0, 0.1) is 5.92 Å². The molecular weight excluding hydrogens is 212 g/mol. The molecule has 3 nitrogen and oxygen atoms in total. The molecule has 1 saturated heterocycles. The first kappa shape index (κ1) is 12.9. The lowest BCUT2D eigenvalue weighted by atomic mass is 9.87. The van der Waals surface area contributed by atoms with Crippen molar-refractivity contribution in [1.29, 1.82) is 0 Å². The van der Waals surface area contributed by atoms with E-state index in [9.17, 15) is 4.79 Å². The standard InChI is InChI=1S/C14H26N2O/c1-14(2)11-15-9-6-10-16(14)13(17)12-7-4-3-5-8-12/h12,15H,3-11H2,1-2H3. The molecule has 1 aliphatic carbocycles. The van der Waals surface area contributed by atoms with Crippen LogP contribution in [0.15, 0.2) is 0 Å². The molecule has 0 aromatic heterocycles. The topological polar surface area (TPSA) is 32.3 Å². The van der Waals surface area contributed by atoms with Crippen LogP contribution in [0.4, 0.5) is 0 Å². The van der Waals surface area contributed by atoms with Gasteiger partial charge in [0.15, 0.2) is 0 Å². The van der Waals surface area contributed by atoms with E-state index >= 15 is 0 Å². The highest BCUT2D eigenvalue weighted by molar-refractivity contribution is 5.79. The number of amides is 1. The first-order valence-electron chi connectivity index (χ1n) is 7.13. The molecule has 0 bridgehead atoms. The van der Waals surface area contributed by atoms with E-state index in [1.165, 1.54) is 19.3 Å². The number of carbonyl (C=O) groups excluding carboxylic acids is 1. The van der Waals surface area contributed by atoms with Gasteiger partial charge in [-0.2, -0.15) is 0 Å². The van der Waals surface area contributed by atoms with Crippen molar-refractivity contribution in [2.45, 2.75) is 57.9 Å². The molecule has 0 radical (unpaired) electrons. The summed E-state index contributed by atoms with van der Waals surface area (Å²) in [5.41, 5.74) is -0.0228. The highest BCUT2D eigenvalue weighted by Gasteiger charge is 2.35. The Hall–Kier alpha value is -0.570. The Morgan fingerprint density at radius 3 is 2.59 bits per heavy atom. The summed E-state index contributed by atoms with van der Waals surface area (Å²) in [6, 6.07) is 0. The first-order valence-corrected chi connectivity index (χ1v) is 7.13. The van der Waals surface area contributed by atoms with E-state index in [0.29, 0.717) is 11.8 Å². The Morgan fingerprint density at radius 2 is 1.88 bits per heavy atom. The van der Waals surface area contributed by atoms with E-state index in [0.717, 1.165) is 38.9 Å². The third-order valence-electron chi connectivity index (χ3n) is 4.24. The van der Waals surface area contributed by atoms with Crippen LogP contribution in [-0.4, -0.2) is 36.0 Å². The zero-order chi connectivity index (χ0) is 12.3. The van der Waals surface area contributed by atoms with E-state index in [2.05, 4.69) is 24.1 Å². The van der Waals surface area contributed by atoms with Gasteiger partial charge in [0.2, 0.25) is 5.91 Å².